The second-order valence-corrected chi connectivity index (χ2v) is 8.73. The molecule has 2 aliphatic rings. The van der Waals surface area contributed by atoms with Gasteiger partial charge in [-0.25, -0.2) is 0 Å². The number of ketones is 1. The van der Waals surface area contributed by atoms with Crippen molar-refractivity contribution in [1.29, 1.82) is 0 Å². The first-order valence-electron chi connectivity index (χ1n) is 9.25. The van der Waals surface area contributed by atoms with Gasteiger partial charge >= 0.3 is 0 Å². The topological polar surface area (TPSA) is 66.5 Å². The molecule has 1 unspecified atom stereocenters. The zero-order chi connectivity index (χ0) is 18.8. The normalized spacial score (nSPS) is 26.0. The van der Waals surface area contributed by atoms with Crippen LogP contribution in [0.2, 0.25) is 0 Å². The van der Waals surface area contributed by atoms with Crippen LogP contribution in [0.4, 0.5) is 5.69 Å². The van der Waals surface area contributed by atoms with Gasteiger partial charge in [-0.15, -0.1) is 0 Å². The summed E-state index contributed by atoms with van der Waals surface area (Å²) >= 11 is 3.42. The zero-order valence-electron chi connectivity index (χ0n) is 15.3. The van der Waals surface area contributed by atoms with Crippen LogP contribution >= 0.6 is 15.9 Å². The maximum Gasteiger partial charge on any atom is 0.256 e. The Labute approximate surface area is 162 Å². The highest BCUT2D eigenvalue weighted by molar-refractivity contribution is 9.10. The highest BCUT2D eigenvalue weighted by atomic mass is 79.9. The first kappa shape index (κ1) is 19.1. The Morgan fingerprint density at radius 2 is 1.88 bits per heavy atom. The number of nitrogens with one attached hydrogen (secondary N) is 1. The number of hydrogen-bond donors (Lipinski definition) is 1. The highest BCUT2D eigenvalue weighted by Gasteiger charge is 2.31. The Morgan fingerprint density at radius 1 is 1.19 bits per heavy atom. The molecule has 5 nitrogen and oxygen atoms in total. The molecule has 3 atom stereocenters. The first-order valence-corrected chi connectivity index (χ1v) is 10.0. The third-order valence-electron chi connectivity index (χ3n) is 5.24. The summed E-state index contributed by atoms with van der Waals surface area (Å²) in [6.07, 6.45) is 2.48. The van der Waals surface area contributed by atoms with Gasteiger partial charge in [-0.05, 0) is 42.9 Å². The summed E-state index contributed by atoms with van der Waals surface area (Å²) in [5, 5.41) is 2.88. The number of piperidine rings is 1. The molecular weight excluding hydrogens is 396 g/mol. The van der Waals surface area contributed by atoms with E-state index in [1.54, 1.807) is 12.1 Å². The minimum atomic E-state index is -0.288. The lowest BCUT2D eigenvalue weighted by molar-refractivity contribution is -0.122. The third kappa shape index (κ3) is 4.34. The van der Waals surface area contributed by atoms with E-state index < -0.39 is 0 Å². The Kier molecular flexibility index (Phi) is 5.80. The molecule has 1 aliphatic carbocycles. The van der Waals surface area contributed by atoms with Crippen LogP contribution < -0.4 is 5.32 Å². The van der Waals surface area contributed by atoms with Gasteiger partial charge in [0.2, 0.25) is 5.91 Å². The smallest absolute Gasteiger partial charge is 0.256 e. The van der Waals surface area contributed by atoms with Crippen LogP contribution in [0.15, 0.2) is 22.7 Å². The molecule has 2 amide bonds. The van der Waals surface area contributed by atoms with Crippen molar-refractivity contribution in [3.63, 3.8) is 0 Å². The lowest BCUT2D eigenvalue weighted by atomic mass is 9.91. The molecule has 140 valence electrons. The van der Waals surface area contributed by atoms with Crippen LogP contribution in [0.25, 0.3) is 0 Å². The number of carbonyl (C=O) groups excluding carboxylic acids is 3. The van der Waals surface area contributed by atoms with Crippen molar-refractivity contribution >= 4 is 39.2 Å². The summed E-state index contributed by atoms with van der Waals surface area (Å²) in [7, 11) is 0. The number of nitrogens with zero attached hydrogens (tertiary/aromatic N) is 1. The van der Waals surface area contributed by atoms with Gasteiger partial charge in [0, 0.05) is 36.3 Å². The number of anilines is 1. The zero-order valence-corrected chi connectivity index (χ0v) is 16.8. The molecule has 1 aromatic carbocycles. The summed E-state index contributed by atoms with van der Waals surface area (Å²) in [4.78, 5) is 39.0. The molecule has 1 saturated carbocycles. The van der Waals surface area contributed by atoms with Crippen LogP contribution in [-0.2, 0) is 9.59 Å². The fourth-order valence-electron chi connectivity index (χ4n) is 4.07. The second-order valence-electron chi connectivity index (χ2n) is 7.81. The van der Waals surface area contributed by atoms with E-state index >= 15 is 0 Å². The lowest BCUT2D eigenvalue weighted by Crippen LogP contribution is -2.42. The number of rotatable bonds is 3. The Bertz CT molecular complexity index is 724. The third-order valence-corrected chi connectivity index (χ3v) is 5.74. The van der Waals surface area contributed by atoms with Crippen LogP contribution in [-0.4, -0.2) is 35.6 Å². The van der Waals surface area contributed by atoms with Gasteiger partial charge in [0.1, 0.15) is 5.78 Å². The molecule has 26 heavy (non-hydrogen) atoms. The summed E-state index contributed by atoms with van der Waals surface area (Å²) in [6.45, 7) is 5.80. The molecule has 1 N–H and O–H groups in total. The Morgan fingerprint density at radius 3 is 2.50 bits per heavy atom. The quantitative estimate of drug-likeness (QED) is 0.806. The molecule has 1 aromatic rings. The molecule has 1 heterocycles. The van der Waals surface area contributed by atoms with Crippen molar-refractivity contribution in [3.8, 4) is 0 Å². The first-order chi connectivity index (χ1) is 12.3. The van der Waals surface area contributed by atoms with Crippen LogP contribution in [0.3, 0.4) is 0 Å². The van der Waals surface area contributed by atoms with Gasteiger partial charge < -0.3 is 10.2 Å². The van der Waals surface area contributed by atoms with E-state index in [0.717, 1.165) is 24.0 Å². The number of hydrogen-bond acceptors (Lipinski definition) is 3. The van der Waals surface area contributed by atoms with Gasteiger partial charge in [0.15, 0.2) is 0 Å². The largest absolute Gasteiger partial charge is 0.338 e. The van der Waals surface area contributed by atoms with E-state index in [1.807, 2.05) is 11.0 Å². The standard InChI is InChI=1S/C20H25BrN2O3/c1-12-7-13(2)11-23(10-12)20(26)17-9-15(21)4-6-18(17)22-19(25)14-3-5-16(24)8-14/h4,6,9,12-14H,3,5,7-8,10-11H2,1-2H3,(H,22,25)/t12-,13+,14?. The highest BCUT2D eigenvalue weighted by Crippen LogP contribution is 2.29. The van der Waals surface area contributed by atoms with Crippen molar-refractivity contribution in [3.05, 3.63) is 28.2 Å². The summed E-state index contributed by atoms with van der Waals surface area (Å²) in [5.74, 6) is 0.558. The van der Waals surface area contributed by atoms with Gasteiger partial charge in [-0.1, -0.05) is 29.8 Å². The second kappa shape index (κ2) is 7.91. The van der Waals surface area contributed by atoms with Crippen molar-refractivity contribution < 1.29 is 14.4 Å². The van der Waals surface area contributed by atoms with Crippen molar-refractivity contribution in [2.75, 3.05) is 18.4 Å². The van der Waals surface area contributed by atoms with Crippen LogP contribution in [0.5, 0.6) is 0 Å². The predicted molar refractivity (Wildman–Crippen MR) is 104 cm³/mol. The molecule has 0 spiro atoms. The number of benzene rings is 1. The Balaban J connectivity index is 1.80. The van der Waals surface area contributed by atoms with Gasteiger partial charge in [0.25, 0.3) is 5.91 Å². The molecule has 0 aromatic heterocycles. The fourth-order valence-corrected chi connectivity index (χ4v) is 4.44. The van der Waals surface area contributed by atoms with Crippen LogP contribution in [0, 0.1) is 17.8 Å². The monoisotopic (exact) mass is 420 g/mol. The SMILES string of the molecule is C[C@@H]1C[C@H](C)CN(C(=O)c2cc(Br)ccc2NC(=O)C2CCC(=O)C2)C1. The number of Topliss-reactive ketones (excluding diaryl/α,β-unsaturated/α-hetero) is 1. The average Bonchev–Trinajstić information content (AvgIpc) is 3.01. The van der Waals surface area contributed by atoms with Crippen molar-refractivity contribution in [2.24, 2.45) is 17.8 Å². The molecular formula is C20H25BrN2O3. The van der Waals surface area contributed by atoms with Gasteiger partial charge in [-0.3, -0.25) is 14.4 Å². The van der Waals surface area contributed by atoms with Crippen molar-refractivity contribution in [1.82, 2.24) is 4.90 Å². The fraction of sp³-hybridized carbons (Fsp3) is 0.550. The van der Waals surface area contributed by atoms with Crippen molar-refractivity contribution in [2.45, 2.75) is 39.5 Å². The summed E-state index contributed by atoms with van der Waals surface area (Å²) < 4.78 is 0.799. The number of amides is 2. The molecule has 6 heteroatoms. The molecule has 2 fully saturated rings. The minimum absolute atomic E-state index is 0.0532. The Hall–Kier alpha value is -1.69. The average molecular weight is 421 g/mol. The predicted octanol–water partition coefficient (Wildman–Crippen LogP) is 3.87. The van der Waals surface area contributed by atoms with Gasteiger partial charge in [-0.2, -0.15) is 0 Å². The number of likely N-dealkylation sites (tertiary alicyclic amines) is 1. The van der Waals surface area contributed by atoms with E-state index in [0.29, 0.717) is 42.3 Å². The molecule has 1 aliphatic heterocycles. The van der Waals surface area contributed by atoms with Gasteiger partial charge in [0.05, 0.1) is 11.3 Å². The molecule has 3 rings (SSSR count). The lowest BCUT2D eigenvalue weighted by Gasteiger charge is -2.35. The van der Waals surface area contributed by atoms with E-state index in [2.05, 4.69) is 35.1 Å². The maximum atomic E-state index is 13.1. The summed E-state index contributed by atoms with van der Waals surface area (Å²) in [5.41, 5.74) is 1.02. The number of halogens is 1. The van der Waals surface area contributed by atoms with E-state index in [-0.39, 0.29) is 23.5 Å². The maximum absolute atomic E-state index is 13.1. The minimum Gasteiger partial charge on any atom is -0.338 e. The van der Waals surface area contributed by atoms with Crippen LogP contribution in [0.1, 0.15) is 49.9 Å². The number of carbonyl (C=O) groups is 3. The summed E-state index contributed by atoms with van der Waals surface area (Å²) in [6, 6.07) is 5.33. The molecule has 1 saturated heterocycles. The molecule has 0 radical (unpaired) electrons. The van der Waals surface area contributed by atoms with E-state index in [9.17, 15) is 14.4 Å². The van der Waals surface area contributed by atoms with E-state index in [4.69, 9.17) is 0 Å². The molecule has 0 bridgehead atoms. The van der Waals surface area contributed by atoms with E-state index in [1.165, 1.54) is 0 Å².